The van der Waals surface area contributed by atoms with Gasteiger partial charge in [0.2, 0.25) is 0 Å². The highest BCUT2D eigenvalue weighted by atomic mass is 16.4. The summed E-state index contributed by atoms with van der Waals surface area (Å²) in [7, 11) is 1.61. The van der Waals surface area contributed by atoms with Crippen LogP contribution in [0.25, 0.3) is 0 Å². The number of aliphatic carboxylic acids is 1. The summed E-state index contributed by atoms with van der Waals surface area (Å²) >= 11 is 0. The molecule has 0 radical (unpaired) electrons. The number of urea groups is 1. The molecule has 2 N–H and O–H groups in total. The molecule has 1 atom stereocenters. The first-order valence-corrected chi connectivity index (χ1v) is 6.11. The number of rotatable bonds is 5. The normalized spacial score (nSPS) is 11.7. The number of nitrogens with one attached hydrogen (secondary N) is 1. The molecule has 2 amide bonds. The Morgan fingerprint density at radius 3 is 2.68 bits per heavy atom. The second kappa shape index (κ2) is 6.72. The van der Waals surface area contributed by atoms with Crippen molar-refractivity contribution in [3.05, 3.63) is 29.6 Å². The molecule has 1 aromatic heterocycles. The molecule has 0 aliphatic rings. The van der Waals surface area contributed by atoms with Gasteiger partial charge in [-0.25, -0.2) is 9.59 Å². The van der Waals surface area contributed by atoms with Gasteiger partial charge in [0.25, 0.3) is 0 Å². The van der Waals surface area contributed by atoms with E-state index in [1.165, 1.54) is 4.90 Å². The third-order valence-electron chi connectivity index (χ3n) is 2.70. The van der Waals surface area contributed by atoms with E-state index < -0.39 is 18.0 Å². The minimum atomic E-state index is -1.03. The average Bonchev–Trinajstić information content (AvgIpc) is 2.35. The molecule has 0 aliphatic heterocycles. The topological polar surface area (TPSA) is 82.5 Å². The van der Waals surface area contributed by atoms with Crippen LogP contribution in [0.4, 0.5) is 4.79 Å². The molecule has 0 bridgehead atoms. The molecule has 0 fully saturated rings. The number of hydrogen-bond donors (Lipinski definition) is 2. The number of amides is 2. The molecule has 0 aliphatic carbocycles. The molecular weight excluding hydrogens is 246 g/mol. The number of carbonyl (C=O) groups excluding carboxylic acids is 1. The number of aryl methyl sites for hydroxylation is 1. The zero-order valence-corrected chi connectivity index (χ0v) is 11.4. The van der Waals surface area contributed by atoms with E-state index in [0.29, 0.717) is 13.0 Å². The molecule has 104 valence electrons. The predicted molar refractivity (Wildman–Crippen MR) is 70.7 cm³/mol. The summed E-state index contributed by atoms with van der Waals surface area (Å²) in [5, 5.41) is 11.3. The lowest BCUT2D eigenvalue weighted by Crippen LogP contribution is -2.46. The molecule has 0 unspecified atom stereocenters. The Labute approximate surface area is 112 Å². The molecule has 0 saturated carbocycles. The molecule has 6 heteroatoms. The van der Waals surface area contributed by atoms with E-state index >= 15 is 0 Å². The van der Waals surface area contributed by atoms with Gasteiger partial charge < -0.3 is 15.3 Å². The van der Waals surface area contributed by atoms with Crippen molar-refractivity contribution in [3.63, 3.8) is 0 Å². The number of pyridine rings is 1. The van der Waals surface area contributed by atoms with E-state index in [9.17, 15) is 9.59 Å². The third kappa shape index (κ3) is 4.57. The summed E-state index contributed by atoms with van der Waals surface area (Å²) in [5.74, 6) is -1.03. The Morgan fingerprint density at radius 2 is 2.16 bits per heavy atom. The fourth-order valence-corrected chi connectivity index (χ4v) is 1.60. The molecule has 6 nitrogen and oxygen atoms in total. The first kappa shape index (κ1) is 14.9. The monoisotopic (exact) mass is 265 g/mol. The smallest absolute Gasteiger partial charge is 0.326 e. The summed E-state index contributed by atoms with van der Waals surface area (Å²) in [6.45, 7) is 3.92. The van der Waals surface area contributed by atoms with Crippen LogP contribution in [-0.2, 0) is 11.3 Å². The zero-order chi connectivity index (χ0) is 14.4. The molecule has 19 heavy (non-hydrogen) atoms. The summed E-state index contributed by atoms with van der Waals surface area (Å²) in [5.41, 5.74) is 1.64. The summed E-state index contributed by atoms with van der Waals surface area (Å²) in [6.07, 6.45) is 0.345. The van der Waals surface area contributed by atoms with Crippen LogP contribution in [0.15, 0.2) is 18.2 Å². The minimum absolute atomic E-state index is 0.337. The fraction of sp³-hybridized carbons (Fsp3) is 0.462. The van der Waals surface area contributed by atoms with Gasteiger partial charge in [-0.2, -0.15) is 0 Å². The van der Waals surface area contributed by atoms with Crippen LogP contribution in [0.2, 0.25) is 0 Å². The van der Waals surface area contributed by atoms with Crippen molar-refractivity contribution in [1.29, 1.82) is 0 Å². The van der Waals surface area contributed by atoms with Crippen LogP contribution < -0.4 is 5.32 Å². The lowest BCUT2D eigenvalue weighted by Gasteiger charge is -2.20. The third-order valence-corrected chi connectivity index (χ3v) is 2.70. The maximum Gasteiger partial charge on any atom is 0.326 e. The van der Waals surface area contributed by atoms with E-state index in [4.69, 9.17) is 5.11 Å². The second-order valence-electron chi connectivity index (χ2n) is 4.37. The minimum Gasteiger partial charge on any atom is -0.480 e. The Bertz CT molecular complexity index is 462. The van der Waals surface area contributed by atoms with Crippen LogP contribution in [0.3, 0.4) is 0 Å². The number of carboxylic acid groups (broad SMARTS) is 1. The first-order valence-electron chi connectivity index (χ1n) is 6.11. The van der Waals surface area contributed by atoms with E-state index in [-0.39, 0.29) is 0 Å². The largest absolute Gasteiger partial charge is 0.480 e. The summed E-state index contributed by atoms with van der Waals surface area (Å²) in [4.78, 5) is 28.4. The Balaban J connectivity index is 2.60. The first-order chi connectivity index (χ1) is 8.93. The molecular formula is C13H19N3O3. The average molecular weight is 265 g/mol. The zero-order valence-electron chi connectivity index (χ0n) is 11.4. The Kier molecular flexibility index (Phi) is 5.29. The van der Waals surface area contributed by atoms with Gasteiger partial charge >= 0.3 is 12.0 Å². The number of carboxylic acids is 1. The van der Waals surface area contributed by atoms with Crippen molar-refractivity contribution >= 4 is 12.0 Å². The maximum absolute atomic E-state index is 11.8. The molecule has 0 spiro atoms. The summed E-state index contributed by atoms with van der Waals surface area (Å²) < 4.78 is 0. The fourth-order valence-electron chi connectivity index (χ4n) is 1.60. The standard InChI is InChI=1S/C13H19N3O3/c1-4-11(12(17)18)15-13(19)16(3)8-10-7-5-6-9(2)14-10/h5-7,11H,4,8H2,1-3H3,(H,15,19)(H,17,18)/t11-/m1/s1. The lowest BCUT2D eigenvalue weighted by atomic mass is 10.2. The van der Waals surface area contributed by atoms with Crippen molar-refractivity contribution in [2.75, 3.05) is 7.05 Å². The van der Waals surface area contributed by atoms with Gasteiger partial charge in [0.05, 0.1) is 12.2 Å². The van der Waals surface area contributed by atoms with E-state index in [1.807, 2.05) is 25.1 Å². The van der Waals surface area contributed by atoms with Gasteiger partial charge in [0.15, 0.2) is 0 Å². The number of carbonyl (C=O) groups is 2. The van der Waals surface area contributed by atoms with Crippen molar-refractivity contribution in [2.45, 2.75) is 32.9 Å². The van der Waals surface area contributed by atoms with Gasteiger partial charge in [-0.05, 0) is 25.5 Å². The molecule has 0 aromatic carbocycles. The number of hydrogen-bond acceptors (Lipinski definition) is 3. The van der Waals surface area contributed by atoms with Crippen molar-refractivity contribution in [3.8, 4) is 0 Å². The second-order valence-corrected chi connectivity index (χ2v) is 4.37. The highest BCUT2D eigenvalue weighted by molar-refractivity contribution is 5.82. The van der Waals surface area contributed by atoms with Gasteiger partial charge in [0, 0.05) is 12.7 Å². The van der Waals surface area contributed by atoms with Crippen molar-refractivity contribution in [1.82, 2.24) is 15.2 Å². The molecule has 1 heterocycles. The van der Waals surface area contributed by atoms with Gasteiger partial charge in [-0.15, -0.1) is 0 Å². The van der Waals surface area contributed by atoms with Crippen molar-refractivity contribution < 1.29 is 14.7 Å². The van der Waals surface area contributed by atoms with Gasteiger partial charge in [0.1, 0.15) is 6.04 Å². The Morgan fingerprint density at radius 1 is 1.47 bits per heavy atom. The highest BCUT2D eigenvalue weighted by Crippen LogP contribution is 2.02. The van der Waals surface area contributed by atoms with E-state index in [0.717, 1.165) is 11.4 Å². The van der Waals surface area contributed by atoms with Gasteiger partial charge in [-0.1, -0.05) is 13.0 Å². The quantitative estimate of drug-likeness (QED) is 0.843. The highest BCUT2D eigenvalue weighted by Gasteiger charge is 2.19. The molecule has 1 rings (SSSR count). The number of aromatic nitrogens is 1. The van der Waals surface area contributed by atoms with Crippen LogP contribution in [-0.4, -0.2) is 40.1 Å². The SMILES string of the molecule is CC[C@@H](NC(=O)N(C)Cc1cccc(C)n1)C(=O)O. The van der Waals surface area contributed by atoms with E-state index in [2.05, 4.69) is 10.3 Å². The van der Waals surface area contributed by atoms with Crippen LogP contribution in [0.1, 0.15) is 24.7 Å². The van der Waals surface area contributed by atoms with Crippen LogP contribution in [0, 0.1) is 6.92 Å². The molecule has 0 saturated heterocycles. The van der Waals surface area contributed by atoms with Gasteiger partial charge in [-0.3, -0.25) is 4.98 Å². The molecule has 1 aromatic rings. The Hall–Kier alpha value is -2.11. The summed E-state index contributed by atoms with van der Waals surface area (Å²) in [6, 6.07) is 4.29. The van der Waals surface area contributed by atoms with E-state index in [1.54, 1.807) is 14.0 Å². The lowest BCUT2D eigenvalue weighted by molar-refractivity contribution is -0.139. The van der Waals surface area contributed by atoms with Crippen molar-refractivity contribution in [2.24, 2.45) is 0 Å². The number of nitrogens with zero attached hydrogens (tertiary/aromatic N) is 2. The maximum atomic E-state index is 11.8. The van der Waals surface area contributed by atoms with Crippen LogP contribution >= 0.6 is 0 Å². The van der Waals surface area contributed by atoms with Crippen LogP contribution in [0.5, 0.6) is 0 Å². The predicted octanol–water partition coefficient (Wildman–Crippen LogP) is 1.39.